The number of carbonyl (C=O) groups is 3. The molecule has 0 radical (unpaired) electrons. The normalized spacial score (nSPS) is 22.5. The van der Waals surface area contributed by atoms with E-state index in [1.165, 1.54) is 0 Å². The second kappa shape index (κ2) is 5.59. The van der Waals surface area contributed by atoms with Gasteiger partial charge in [-0.15, -0.1) is 0 Å². The molecule has 1 saturated heterocycles. The molecule has 6 heteroatoms. The molecule has 6 nitrogen and oxygen atoms in total. The summed E-state index contributed by atoms with van der Waals surface area (Å²) in [4.78, 5) is 38.6. The predicted octanol–water partition coefficient (Wildman–Crippen LogP) is 0.0188. The molecule has 19 heavy (non-hydrogen) atoms. The fourth-order valence-corrected chi connectivity index (χ4v) is 2.38. The van der Waals surface area contributed by atoms with E-state index in [0.717, 1.165) is 12.8 Å². The van der Waals surface area contributed by atoms with E-state index in [0.29, 0.717) is 13.2 Å². The van der Waals surface area contributed by atoms with Crippen molar-refractivity contribution in [2.24, 2.45) is 5.92 Å². The quantitative estimate of drug-likeness (QED) is 0.659. The zero-order valence-corrected chi connectivity index (χ0v) is 11.4. The molecule has 2 amide bonds. The van der Waals surface area contributed by atoms with Crippen LogP contribution >= 0.6 is 0 Å². The molecule has 1 saturated carbocycles. The van der Waals surface area contributed by atoms with Crippen molar-refractivity contribution >= 4 is 17.8 Å². The molecule has 2 rings (SSSR count). The van der Waals surface area contributed by atoms with Gasteiger partial charge in [0.2, 0.25) is 11.8 Å². The number of hydrogen-bond acceptors (Lipinski definition) is 4. The molecule has 1 heterocycles. The summed E-state index contributed by atoms with van der Waals surface area (Å²) in [5.41, 5.74) is 0. The van der Waals surface area contributed by atoms with Gasteiger partial charge >= 0.3 is 5.97 Å². The molecule has 2 aliphatic rings. The van der Waals surface area contributed by atoms with E-state index in [1.54, 1.807) is 23.8 Å². The molecule has 106 valence electrons. The SMILES string of the molecule is CCOC(=O)CN(C(=O)C1CC(=O)N(C)C1)C1CC1. The van der Waals surface area contributed by atoms with Crippen molar-refractivity contribution in [2.75, 3.05) is 26.7 Å². The molecule has 1 unspecified atom stereocenters. The van der Waals surface area contributed by atoms with E-state index in [2.05, 4.69) is 0 Å². The Labute approximate surface area is 112 Å². The largest absolute Gasteiger partial charge is 0.465 e. The summed E-state index contributed by atoms with van der Waals surface area (Å²) in [6.45, 7) is 2.51. The van der Waals surface area contributed by atoms with Crippen LogP contribution in [-0.4, -0.2) is 60.4 Å². The molecule has 0 aromatic carbocycles. The molecule has 1 aliphatic heterocycles. The van der Waals surface area contributed by atoms with E-state index >= 15 is 0 Å². The Kier molecular flexibility index (Phi) is 4.07. The van der Waals surface area contributed by atoms with Crippen LogP contribution in [0.1, 0.15) is 26.2 Å². The van der Waals surface area contributed by atoms with Gasteiger partial charge in [0.25, 0.3) is 0 Å². The number of hydrogen-bond donors (Lipinski definition) is 0. The first-order valence-electron chi connectivity index (χ1n) is 6.73. The lowest BCUT2D eigenvalue weighted by molar-refractivity contribution is -0.150. The van der Waals surface area contributed by atoms with Crippen LogP contribution in [0, 0.1) is 5.92 Å². The van der Waals surface area contributed by atoms with Gasteiger partial charge in [-0.2, -0.15) is 0 Å². The lowest BCUT2D eigenvalue weighted by atomic mass is 10.1. The smallest absolute Gasteiger partial charge is 0.325 e. The lowest BCUT2D eigenvalue weighted by Crippen LogP contribution is -2.42. The van der Waals surface area contributed by atoms with Crippen LogP contribution in [-0.2, 0) is 19.1 Å². The fourth-order valence-electron chi connectivity index (χ4n) is 2.38. The van der Waals surface area contributed by atoms with Crippen LogP contribution in [0.25, 0.3) is 0 Å². The van der Waals surface area contributed by atoms with Gasteiger partial charge in [-0.1, -0.05) is 0 Å². The molecule has 0 bridgehead atoms. The van der Waals surface area contributed by atoms with E-state index in [9.17, 15) is 14.4 Å². The van der Waals surface area contributed by atoms with Gasteiger partial charge in [0.1, 0.15) is 6.54 Å². The summed E-state index contributed by atoms with van der Waals surface area (Å²) in [6.07, 6.45) is 2.12. The maximum atomic E-state index is 12.4. The number of ether oxygens (including phenoxy) is 1. The van der Waals surface area contributed by atoms with E-state index in [4.69, 9.17) is 4.74 Å². The zero-order valence-electron chi connectivity index (χ0n) is 11.4. The van der Waals surface area contributed by atoms with Gasteiger partial charge < -0.3 is 14.5 Å². The van der Waals surface area contributed by atoms with Crippen LogP contribution in [0.4, 0.5) is 0 Å². The summed E-state index contributed by atoms with van der Waals surface area (Å²) < 4.78 is 4.90. The minimum Gasteiger partial charge on any atom is -0.465 e. The van der Waals surface area contributed by atoms with Gasteiger partial charge in [0.15, 0.2) is 0 Å². The van der Waals surface area contributed by atoms with E-state index in [-0.39, 0.29) is 42.7 Å². The fraction of sp³-hybridized carbons (Fsp3) is 0.769. The number of likely N-dealkylation sites (tertiary alicyclic amines) is 1. The highest BCUT2D eigenvalue weighted by molar-refractivity contribution is 5.91. The van der Waals surface area contributed by atoms with Crippen molar-refractivity contribution in [2.45, 2.75) is 32.2 Å². The van der Waals surface area contributed by atoms with Crippen LogP contribution in [0.2, 0.25) is 0 Å². The second-order valence-electron chi connectivity index (χ2n) is 5.18. The number of rotatable bonds is 5. The molecule has 2 fully saturated rings. The van der Waals surface area contributed by atoms with Gasteiger partial charge in [-0.05, 0) is 19.8 Å². The third kappa shape index (κ3) is 3.24. The Balaban J connectivity index is 1.97. The number of carbonyl (C=O) groups excluding carboxylic acids is 3. The molecule has 0 N–H and O–H groups in total. The van der Waals surface area contributed by atoms with Crippen LogP contribution in [0.5, 0.6) is 0 Å². The maximum absolute atomic E-state index is 12.4. The van der Waals surface area contributed by atoms with Crippen molar-refractivity contribution in [3.05, 3.63) is 0 Å². The monoisotopic (exact) mass is 268 g/mol. The Morgan fingerprint density at radius 1 is 1.42 bits per heavy atom. The van der Waals surface area contributed by atoms with Gasteiger partial charge in [-0.25, -0.2) is 0 Å². The first-order chi connectivity index (χ1) is 9.02. The average molecular weight is 268 g/mol. The van der Waals surface area contributed by atoms with Crippen molar-refractivity contribution in [1.82, 2.24) is 9.80 Å². The third-order valence-corrected chi connectivity index (χ3v) is 3.57. The number of amides is 2. The highest BCUT2D eigenvalue weighted by atomic mass is 16.5. The Hall–Kier alpha value is -1.59. The molecule has 1 aliphatic carbocycles. The van der Waals surface area contributed by atoms with E-state index in [1.807, 2.05) is 0 Å². The highest BCUT2D eigenvalue weighted by Gasteiger charge is 2.40. The zero-order chi connectivity index (χ0) is 14.0. The average Bonchev–Trinajstić information content (AvgIpc) is 3.13. The Morgan fingerprint density at radius 2 is 2.11 bits per heavy atom. The minimum absolute atomic E-state index is 0.00570. The summed E-state index contributed by atoms with van der Waals surface area (Å²) in [5, 5.41) is 0. The van der Waals surface area contributed by atoms with Crippen molar-refractivity contribution in [1.29, 1.82) is 0 Å². The summed E-state index contributed by atoms with van der Waals surface area (Å²) >= 11 is 0. The molecular weight excluding hydrogens is 248 g/mol. The van der Waals surface area contributed by atoms with Crippen molar-refractivity contribution < 1.29 is 19.1 Å². The minimum atomic E-state index is -0.375. The molecular formula is C13H20N2O4. The maximum Gasteiger partial charge on any atom is 0.325 e. The standard InChI is InChI=1S/C13H20N2O4/c1-3-19-12(17)8-15(10-4-5-10)13(18)9-6-11(16)14(2)7-9/h9-10H,3-8H2,1-2H3. The van der Waals surface area contributed by atoms with Crippen molar-refractivity contribution in [3.63, 3.8) is 0 Å². The highest BCUT2D eigenvalue weighted by Crippen LogP contribution is 2.30. The topological polar surface area (TPSA) is 66.9 Å². The number of nitrogens with zero attached hydrogens (tertiary/aromatic N) is 2. The first kappa shape index (κ1) is 13.8. The summed E-state index contributed by atoms with van der Waals surface area (Å²) in [7, 11) is 1.70. The van der Waals surface area contributed by atoms with Gasteiger partial charge in [-0.3, -0.25) is 14.4 Å². The van der Waals surface area contributed by atoms with Gasteiger partial charge in [0.05, 0.1) is 12.5 Å². The second-order valence-corrected chi connectivity index (χ2v) is 5.18. The van der Waals surface area contributed by atoms with Crippen LogP contribution in [0.15, 0.2) is 0 Å². The van der Waals surface area contributed by atoms with Crippen molar-refractivity contribution in [3.8, 4) is 0 Å². The molecule has 0 spiro atoms. The molecule has 1 atom stereocenters. The summed E-state index contributed by atoms with van der Waals surface area (Å²) in [5.74, 6) is -0.786. The first-order valence-corrected chi connectivity index (χ1v) is 6.73. The predicted molar refractivity (Wildman–Crippen MR) is 67.1 cm³/mol. The summed E-state index contributed by atoms with van der Waals surface area (Å²) in [6, 6.07) is 0.151. The van der Waals surface area contributed by atoms with Crippen LogP contribution in [0.3, 0.4) is 0 Å². The number of esters is 1. The molecule has 0 aromatic rings. The van der Waals surface area contributed by atoms with Crippen LogP contribution < -0.4 is 0 Å². The molecule has 0 aromatic heterocycles. The van der Waals surface area contributed by atoms with Gasteiger partial charge in [0, 0.05) is 26.1 Å². The lowest BCUT2D eigenvalue weighted by Gasteiger charge is -2.24. The third-order valence-electron chi connectivity index (χ3n) is 3.57. The van der Waals surface area contributed by atoms with E-state index < -0.39 is 0 Å². The Bertz CT molecular complexity index is 392. The Morgan fingerprint density at radius 3 is 2.58 bits per heavy atom.